The van der Waals surface area contributed by atoms with E-state index in [0.29, 0.717) is 23.1 Å². The standard InChI is InChI=1S/C26H21NO5S/c1-19-7-11-24(33(30,31)14-13-20-5-3-2-4-6-20)16-22(19)9-10-23-15-21(17-27)8-12-25(23)32-18-26(28)29/h2-8,11-12,15-16H,13-14,18H2,1H3,(H,28,29). The van der Waals surface area contributed by atoms with Crippen LogP contribution >= 0.6 is 0 Å². The van der Waals surface area contributed by atoms with Crippen LogP contribution in [0.1, 0.15) is 27.8 Å². The number of rotatable bonds is 7. The van der Waals surface area contributed by atoms with Crippen molar-refractivity contribution in [3.8, 4) is 23.7 Å². The van der Waals surface area contributed by atoms with Gasteiger partial charge in [0, 0.05) is 5.56 Å². The molecule has 0 aromatic heterocycles. The normalized spacial score (nSPS) is 10.5. The van der Waals surface area contributed by atoms with Crippen LogP contribution in [0.2, 0.25) is 0 Å². The van der Waals surface area contributed by atoms with E-state index in [2.05, 4.69) is 11.8 Å². The SMILES string of the molecule is Cc1ccc(S(=O)(=O)CCc2ccccc2)cc1C#Cc1cc(C#N)ccc1OCC(=O)O. The first-order valence-corrected chi connectivity index (χ1v) is 11.7. The maximum Gasteiger partial charge on any atom is 0.341 e. The van der Waals surface area contributed by atoms with E-state index in [1.165, 1.54) is 24.3 Å². The number of aliphatic carboxylic acids is 1. The lowest BCUT2D eigenvalue weighted by Gasteiger charge is -2.08. The van der Waals surface area contributed by atoms with Crippen molar-refractivity contribution in [1.29, 1.82) is 5.26 Å². The van der Waals surface area contributed by atoms with Gasteiger partial charge in [-0.1, -0.05) is 48.2 Å². The number of sulfone groups is 1. The van der Waals surface area contributed by atoms with Crippen LogP contribution in [-0.2, 0) is 21.1 Å². The quantitative estimate of drug-likeness (QED) is 0.540. The molecule has 6 nitrogen and oxygen atoms in total. The molecule has 0 aliphatic carbocycles. The topological polar surface area (TPSA) is 104 Å². The molecule has 0 saturated carbocycles. The molecule has 0 unspecified atom stereocenters. The van der Waals surface area contributed by atoms with Gasteiger partial charge in [0.25, 0.3) is 0 Å². The second-order valence-corrected chi connectivity index (χ2v) is 9.40. The third-order valence-corrected chi connectivity index (χ3v) is 6.58. The number of carboxylic acid groups (broad SMARTS) is 1. The summed E-state index contributed by atoms with van der Waals surface area (Å²) in [5.74, 6) is 4.90. The average molecular weight is 460 g/mol. The number of carbonyl (C=O) groups is 1. The van der Waals surface area contributed by atoms with Gasteiger partial charge in [0.2, 0.25) is 0 Å². The van der Waals surface area contributed by atoms with Crippen molar-refractivity contribution in [2.75, 3.05) is 12.4 Å². The first kappa shape index (κ1) is 23.6. The van der Waals surface area contributed by atoms with Gasteiger partial charge in [-0.05, 0) is 54.8 Å². The molecular weight excluding hydrogens is 438 g/mol. The van der Waals surface area contributed by atoms with Crippen molar-refractivity contribution < 1.29 is 23.1 Å². The highest BCUT2D eigenvalue weighted by Gasteiger charge is 2.15. The molecule has 7 heteroatoms. The maximum absolute atomic E-state index is 12.9. The minimum atomic E-state index is -3.52. The summed E-state index contributed by atoms with van der Waals surface area (Å²) < 4.78 is 31.0. The van der Waals surface area contributed by atoms with Gasteiger partial charge in [-0.25, -0.2) is 13.2 Å². The Morgan fingerprint density at radius 3 is 2.42 bits per heavy atom. The minimum Gasteiger partial charge on any atom is -0.481 e. The van der Waals surface area contributed by atoms with Crippen LogP contribution in [0.25, 0.3) is 0 Å². The number of nitrogens with zero attached hydrogens (tertiary/aromatic N) is 1. The molecule has 33 heavy (non-hydrogen) atoms. The highest BCUT2D eigenvalue weighted by Crippen LogP contribution is 2.21. The zero-order valence-electron chi connectivity index (χ0n) is 17.9. The van der Waals surface area contributed by atoms with E-state index >= 15 is 0 Å². The molecule has 0 radical (unpaired) electrons. The van der Waals surface area contributed by atoms with Crippen molar-refractivity contribution in [3.63, 3.8) is 0 Å². The van der Waals surface area contributed by atoms with Crippen molar-refractivity contribution in [3.05, 3.63) is 94.5 Å². The van der Waals surface area contributed by atoms with E-state index in [4.69, 9.17) is 15.1 Å². The lowest BCUT2D eigenvalue weighted by Crippen LogP contribution is -2.10. The smallest absolute Gasteiger partial charge is 0.341 e. The van der Waals surface area contributed by atoms with Crippen LogP contribution in [0.15, 0.2) is 71.6 Å². The minimum absolute atomic E-state index is 0.0235. The Morgan fingerprint density at radius 2 is 1.73 bits per heavy atom. The van der Waals surface area contributed by atoms with Crippen LogP contribution < -0.4 is 4.74 Å². The Balaban J connectivity index is 1.90. The van der Waals surface area contributed by atoms with Gasteiger partial charge < -0.3 is 9.84 Å². The number of carboxylic acids is 1. The first-order valence-electron chi connectivity index (χ1n) is 10.1. The summed E-state index contributed by atoms with van der Waals surface area (Å²) in [7, 11) is -3.52. The predicted molar refractivity (Wildman–Crippen MR) is 124 cm³/mol. The fourth-order valence-electron chi connectivity index (χ4n) is 3.04. The molecule has 166 valence electrons. The summed E-state index contributed by atoms with van der Waals surface area (Å²) in [6, 6.07) is 20.7. The number of aryl methyl sites for hydroxylation is 2. The summed E-state index contributed by atoms with van der Waals surface area (Å²) in [6.07, 6.45) is 0.406. The summed E-state index contributed by atoms with van der Waals surface area (Å²) in [5.41, 5.74) is 2.93. The van der Waals surface area contributed by atoms with Crippen LogP contribution in [-0.4, -0.2) is 31.9 Å². The Morgan fingerprint density at radius 1 is 1.00 bits per heavy atom. The van der Waals surface area contributed by atoms with Gasteiger partial charge in [0.05, 0.1) is 27.8 Å². The molecule has 0 saturated heterocycles. The van der Waals surface area contributed by atoms with Crippen molar-refractivity contribution in [1.82, 2.24) is 0 Å². The monoisotopic (exact) mass is 459 g/mol. The fourth-order valence-corrected chi connectivity index (χ4v) is 4.35. The number of ether oxygens (including phenoxy) is 1. The highest BCUT2D eigenvalue weighted by molar-refractivity contribution is 7.91. The van der Waals surface area contributed by atoms with Gasteiger partial charge in [0.15, 0.2) is 16.4 Å². The van der Waals surface area contributed by atoms with Crippen molar-refractivity contribution >= 4 is 15.8 Å². The van der Waals surface area contributed by atoms with E-state index < -0.39 is 22.4 Å². The summed E-state index contributed by atoms with van der Waals surface area (Å²) in [4.78, 5) is 11.0. The molecule has 0 aliphatic heterocycles. The van der Waals surface area contributed by atoms with E-state index in [1.54, 1.807) is 12.1 Å². The van der Waals surface area contributed by atoms with Crippen molar-refractivity contribution in [2.24, 2.45) is 0 Å². The predicted octanol–water partition coefficient (Wildman–Crippen LogP) is 3.75. The molecule has 1 N–H and O–H groups in total. The maximum atomic E-state index is 12.9. The van der Waals surface area contributed by atoms with Gasteiger partial charge in [0.1, 0.15) is 5.75 Å². The number of benzene rings is 3. The second-order valence-electron chi connectivity index (χ2n) is 7.29. The molecule has 0 spiro atoms. The molecule has 0 amide bonds. The van der Waals surface area contributed by atoms with Gasteiger partial charge in [-0.15, -0.1) is 0 Å². The molecule has 0 heterocycles. The largest absolute Gasteiger partial charge is 0.481 e. The zero-order valence-corrected chi connectivity index (χ0v) is 18.7. The Labute approximate surface area is 193 Å². The number of nitriles is 1. The van der Waals surface area contributed by atoms with Crippen LogP contribution in [0.5, 0.6) is 5.75 Å². The third kappa shape index (κ3) is 6.46. The summed E-state index contributed by atoms with van der Waals surface area (Å²) in [5, 5.41) is 18.0. The van der Waals surface area contributed by atoms with Crippen LogP contribution in [0.4, 0.5) is 0 Å². The van der Waals surface area contributed by atoms with E-state index in [1.807, 2.05) is 43.3 Å². The number of hydrogen-bond donors (Lipinski definition) is 1. The molecule has 3 aromatic carbocycles. The fraction of sp³-hybridized carbons (Fsp3) is 0.154. The summed E-state index contributed by atoms with van der Waals surface area (Å²) in [6.45, 7) is 1.27. The van der Waals surface area contributed by atoms with Gasteiger partial charge in [-0.3, -0.25) is 0 Å². The van der Waals surface area contributed by atoms with E-state index in [9.17, 15) is 13.2 Å². The summed E-state index contributed by atoms with van der Waals surface area (Å²) >= 11 is 0. The van der Waals surface area contributed by atoms with Crippen molar-refractivity contribution in [2.45, 2.75) is 18.2 Å². The third-order valence-electron chi connectivity index (χ3n) is 4.86. The molecule has 3 aromatic rings. The van der Waals surface area contributed by atoms with Gasteiger partial charge in [-0.2, -0.15) is 5.26 Å². The first-order chi connectivity index (χ1) is 15.8. The van der Waals surface area contributed by atoms with E-state index in [0.717, 1.165) is 11.1 Å². The molecule has 0 fully saturated rings. The average Bonchev–Trinajstić information content (AvgIpc) is 2.81. The van der Waals surface area contributed by atoms with Crippen LogP contribution in [0.3, 0.4) is 0 Å². The van der Waals surface area contributed by atoms with E-state index in [-0.39, 0.29) is 16.4 Å². The Bertz CT molecular complexity index is 1380. The zero-order chi connectivity index (χ0) is 23.8. The lowest BCUT2D eigenvalue weighted by molar-refractivity contribution is -0.139. The Kier molecular flexibility index (Phi) is 7.50. The molecular formula is C26H21NO5S. The molecule has 3 rings (SSSR count). The van der Waals surface area contributed by atoms with Crippen LogP contribution in [0, 0.1) is 30.1 Å². The van der Waals surface area contributed by atoms with Gasteiger partial charge >= 0.3 is 5.97 Å². The molecule has 0 bridgehead atoms. The Hall–Kier alpha value is -4.07. The second kappa shape index (κ2) is 10.5. The number of hydrogen-bond acceptors (Lipinski definition) is 5. The molecule has 0 aliphatic rings. The molecule has 0 atom stereocenters. The lowest BCUT2D eigenvalue weighted by atomic mass is 10.1. The highest BCUT2D eigenvalue weighted by atomic mass is 32.2.